The van der Waals surface area contributed by atoms with E-state index in [1.807, 2.05) is 30.3 Å². The third kappa shape index (κ3) is 5.57. The predicted molar refractivity (Wildman–Crippen MR) is 121 cm³/mol. The van der Waals surface area contributed by atoms with Crippen molar-refractivity contribution in [2.24, 2.45) is 0 Å². The number of aryl methyl sites for hydroxylation is 2. The molecule has 0 radical (unpaired) electrons. The first-order valence-corrected chi connectivity index (χ1v) is 10.3. The average molecular weight is 386 g/mol. The fourth-order valence-electron chi connectivity index (χ4n) is 3.56. The first-order chi connectivity index (χ1) is 13.8. The van der Waals surface area contributed by atoms with Gasteiger partial charge < -0.3 is 5.32 Å². The Bertz CT molecular complexity index is 936. The van der Waals surface area contributed by atoms with Crippen LogP contribution >= 0.6 is 0 Å². The van der Waals surface area contributed by atoms with Gasteiger partial charge in [-0.3, -0.25) is 4.79 Å². The maximum Gasteiger partial charge on any atom is 0.221 e. The Balaban J connectivity index is 1.70. The Morgan fingerprint density at radius 3 is 2.10 bits per heavy atom. The number of hydrogen-bond donors (Lipinski definition) is 1. The normalized spacial score (nSPS) is 12.4. The largest absolute Gasteiger partial charge is 0.345 e. The summed E-state index contributed by atoms with van der Waals surface area (Å²) in [4.78, 5) is 12.8. The van der Waals surface area contributed by atoms with Crippen molar-refractivity contribution in [1.82, 2.24) is 5.32 Å². The van der Waals surface area contributed by atoms with Gasteiger partial charge in [-0.25, -0.2) is 0 Å². The van der Waals surface area contributed by atoms with Gasteiger partial charge >= 0.3 is 0 Å². The number of rotatable bonds is 6. The van der Waals surface area contributed by atoms with Gasteiger partial charge in [0, 0.05) is 6.42 Å². The molecule has 1 N–H and O–H groups in total. The summed E-state index contributed by atoms with van der Waals surface area (Å²) in [5, 5.41) is 3.26. The Kier molecular flexibility index (Phi) is 6.53. The number of carbonyl (C=O) groups is 1. The molecule has 0 aliphatic heterocycles. The highest BCUT2D eigenvalue weighted by Crippen LogP contribution is 2.25. The Hall–Kier alpha value is -2.87. The minimum absolute atomic E-state index is 0.0713. The van der Waals surface area contributed by atoms with Crippen LogP contribution in [0.3, 0.4) is 0 Å². The van der Waals surface area contributed by atoms with E-state index in [2.05, 4.69) is 81.5 Å². The SMILES string of the molecule is Cc1ccccc1[C@H](NC(=O)CCc1ccc(C(C)(C)C)cc1)c1ccccc1. The second-order valence-corrected chi connectivity index (χ2v) is 8.71. The molecule has 2 heteroatoms. The topological polar surface area (TPSA) is 29.1 Å². The van der Waals surface area contributed by atoms with Crippen LogP contribution in [-0.2, 0) is 16.6 Å². The molecule has 0 saturated carbocycles. The molecule has 0 heterocycles. The molecule has 3 aromatic rings. The van der Waals surface area contributed by atoms with Crippen LogP contribution in [0.15, 0.2) is 78.9 Å². The molecule has 29 heavy (non-hydrogen) atoms. The van der Waals surface area contributed by atoms with Gasteiger partial charge in [0.05, 0.1) is 6.04 Å². The molecule has 1 amide bonds. The van der Waals surface area contributed by atoms with Gasteiger partial charge in [-0.05, 0) is 46.6 Å². The van der Waals surface area contributed by atoms with Crippen LogP contribution in [0.4, 0.5) is 0 Å². The first kappa shape index (κ1) is 20.9. The van der Waals surface area contributed by atoms with Gasteiger partial charge in [-0.2, -0.15) is 0 Å². The molecule has 0 spiro atoms. The second-order valence-electron chi connectivity index (χ2n) is 8.71. The molecule has 2 nitrogen and oxygen atoms in total. The van der Waals surface area contributed by atoms with E-state index in [4.69, 9.17) is 0 Å². The van der Waals surface area contributed by atoms with Crippen LogP contribution in [0.25, 0.3) is 0 Å². The van der Waals surface area contributed by atoms with Crippen molar-refractivity contribution in [1.29, 1.82) is 0 Å². The van der Waals surface area contributed by atoms with Gasteiger partial charge in [0.1, 0.15) is 0 Å². The third-order valence-electron chi connectivity index (χ3n) is 5.40. The van der Waals surface area contributed by atoms with E-state index in [1.54, 1.807) is 0 Å². The Morgan fingerprint density at radius 2 is 1.48 bits per heavy atom. The van der Waals surface area contributed by atoms with E-state index >= 15 is 0 Å². The lowest BCUT2D eigenvalue weighted by molar-refractivity contribution is -0.121. The highest BCUT2D eigenvalue weighted by Gasteiger charge is 2.18. The molecule has 0 fully saturated rings. The van der Waals surface area contributed by atoms with E-state index in [9.17, 15) is 4.79 Å². The molecule has 0 aliphatic rings. The monoisotopic (exact) mass is 385 g/mol. The highest BCUT2D eigenvalue weighted by molar-refractivity contribution is 5.77. The van der Waals surface area contributed by atoms with E-state index in [1.165, 1.54) is 16.7 Å². The molecule has 0 aromatic heterocycles. The molecule has 150 valence electrons. The second kappa shape index (κ2) is 9.09. The number of hydrogen-bond acceptors (Lipinski definition) is 1. The van der Waals surface area contributed by atoms with Gasteiger partial charge in [-0.15, -0.1) is 0 Å². The summed E-state index contributed by atoms with van der Waals surface area (Å²) < 4.78 is 0. The standard InChI is InChI=1S/C27H31NO/c1-20-10-8-9-13-24(20)26(22-11-6-5-7-12-22)28-25(29)19-16-21-14-17-23(18-15-21)27(2,3)4/h5-15,17-18,26H,16,19H2,1-4H3,(H,28,29)/t26-/m1/s1. The molecular weight excluding hydrogens is 354 g/mol. The van der Waals surface area contributed by atoms with E-state index in [0.29, 0.717) is 6.42 Å². The van der Waals surface area contributed by atoms with Crippen LogP contribution in [-0.4, -0.2) is 5.91 Å². The number of carbonyl (C=O) groups excluding carboxylic acids is 1. The van der Waals surface area contributed by atoms with Crippen molar-refractivity contribution in [3.8, 4) is 0 Å². The maximum absolute atomic E-state index is 12.8. The van der Waals surface area contributed by atoms with E-state index in [-0.39, 0.29) is 17.4 Å². The van der Waals surface area contributed by atoms with Crippen molar-refractivity contribution in [2.45, 2.75) is 52.0 Å². The van der Waals surface area contributed by atoms with Crippen molar-refractivity contribution < 1.29 is 4.79 Å². The number of amides is 1. The predicted octanol–water partition coefficient (Wildman–Crippen LogP) is 6.13. The maximum atomic E-state index is 12.8. The highest BCUT2D eigenvalue weighted by atomic mass is 16.1. The molecule has 3 aromatic carbocycles. The summed E-state index contributed by atoms with van der Waals surface area (Å²) in [5.74, 6) is 0.0713. The van der Waals surface area contributed by atoms with Crippen molar-refractivity contribution >= 4 is 5.91 Å². The van der Waals surface area contributed by atoms with Gasteiger partial charge in [0.2, 0.25) is 5.91 Å². The lowest BCUT2D eigenvalue weighted by Crippen LogP contribution is -2.30. The van der Waals surface area contributed by atoms with Crippen LogP contribution in [0.1, 0.15) is 61.1 Å². The molecule has 1 atom stereocenters. The zero-order chi connectivity index (χ0) is 20.9. The number of nitrogens with one attached hydrogen (secondary N) is 1. The summed E-state index contributed by atoms with van der Waals surface area (Å²) in [6, 6.07) is 26.9. The fraction of sp³-hybridized carbons (Fsp3) is 0.296. The smallest absolute Gasteiger partial charge is 0.221 e. The molecule has 0 saturated heterocycles. The van der Waals surface area contributed by atoms with Crippen molar-refractivity contribution in [2.75, 3.05) is 0 Å². The van der Waals surface area contributed by atoms with E-state index in [0.717, 1.165) is 17.5 Å². The van der Waals surface area contributed by atoms with Gasteiger partial charge in [-0.1, -0.05) is 99.6 Å². The fourth-order valence-corrected chi connectivity index (χ4v) is 3.56. The quantitative estimate of drug-likeness (QED) is 0.543. The average Bonchev–Trinajstić information content (AvgIpc) is 2.71. The summed E-state index contributed by atoms with van der Waals surface area (Å²) in [6.45, 7) is 8.73. The number of benzene rings is 3. The van der Waals surface area contributed by atoms with Crippen LogP contribution in [0, 0.1) is 6.92 Å². The minimum Gasteiger partial charge on any atom is -0.345 e. The molecular formula is C27H31NO. The summed E-state index contributed by atoms with van der Waals surface area (Å²) in [6.07, 6.45) is 1.22. The van der Waals surface area contributed by atoms with Crippen LogP contribution in [0.5, 0.6) is 0 Å². The molecule has 0 unspecified atom stereocenters. The van der Waals surface area contributed by atoms with Gasteiger partial charge in [0.15, 0.2) is 0 Å². The van der Waals surface area contributed by atoms with E-state index < -0.39 is 0 Å². The molecule has 3 rings (SSSR count). The minimum atomic E-state index is -0.131. The van der Waals surface area contributed by atoms with Crippen molar-refractivity contribution in [3.05, 3.63) is 107 Å². The Labute approximate surface area is 175 Å². The Morgan fingerprint density at radius 1 is 0.862 bits per heavy atom. The lowest BCUT2D eigenvalue weighted by Gasteiger charge is -2.22. The van der Waals surface area contributed by atoms with Gasteiger partial charge in [0.25, 0.3) is 0 Å². The lowest BCUT2D eigenvalue weighted by atomic mass is 9.86. The summed E-state index contributed by atoms with van der Waals surface area (Å²) >= 11 is 0. The zero-order valence-electron chi connectivity index (χ0n) is 17.9. The van der Waals surface area contributed by atoms with Crippen molar-refractivity contribution in [3.63, 3.8) is 0 Å². The first-order valence-electron chi connectivity index (χ1n) is 10.3. The van der Waals surface area contributed by atoms with Crippen LogP contribution in [0.2, 0.25) is 0 Å². The summed E-state index contributed by atoms with van der Waals surface area (Å²) in [7, 11) is 0. The molecule has 0 aliphatic carbocycles. The van der Waals surface area contributed by atoms with Crippen LogP contribution < -0.4 is 5.32 Å². The zero-order valence-corrected chi connectivity index (χ0v) is 17.9. The molecule has 0 bridgehead atoms. The third-order valence-corrected chi connectivity index (χ3v) is 5.40. The summed E-state index contributed by atoms with van der Waals surface area (Å²) in [5.41, 5.74) is 6.08.